The molecule has 23 heavy (non-hydrogen) atoms. The summed E-state index contributed by atoms with van der Waals surface area (Å²) in [5.74, 6) is -0.381. The topological polar surface area (TPSA) is 65.1 Å². The van der Waals surface area contributed by atoms with E-state index in [0.29, 0.717) is 5.58 Å². The molecule has 0 N–H and O–H groups in total. The summed E-state index contributed by atoms with van der Waals surface area (Å²) in [6, 6.07) is 8.67. The van der Waals surface area contributed by atoms with Crippen molar-refractivity contribution in [2.75, 3.05) is 0 Å². The van der Waals surface area contributed by atoms with Crippen LogP contribution in [-0.4, -0.2) is 15.6 Å². The summed E-state index contributed by atoms with van der Waals surface area (Å²) in [4.78, 5) is 24.3. The predicted molar refractivity (Wildman–Crippen MR) is 88.5 cm³/mol. The van der Waals surface area contributed by atoms with Crippen LogP contribution in [0.3, 0.4) is 0 Å². The highest BCUT2D eigenvalue weighted by Gasteiger charge is 2.11. The molecule has 0 aliphatic carbocycles. The van der Waals surface area contributed by atoms with E-state index < -0.39 is 5.63 Å². The molecule has 5 heteroatoms. The number of benzene rings is 1. The van der Waals surface area contributed by atoms with Crippen molar-refractivity contribution in [1.82, 2.24) is 9.78 Å². The molecule has 2 heterocycles. The maximum Gasteiger partial charge on any atom is 0.347 e. The zero-order chi connectivity index (χ0) is 16.4. The molecule has 3 rings (SSSR count). The van der Waals surface area contributed by atoms with Gasteiger partial charge in [0, 0.05) is 23.2 Å². The largest absolute Gasteiger partial charge is 0.422 e. The van der Waals surface area contributed by atoms with E-state index >= 15 is 0 Å². The van der Waals surface area contributed by atoms with Gasteiger partial charge in [0.1, 0.15) is 11.1 Å². The Bertz CT molecular complexity index is 964. The zero-order valence-corrected chi connectivity index (χ0v) is 12.9. The van der Waals surface area contributed by atoms with Crippen molar-refractivity contribution in [3.63, 3.8) is 0 Å². The highest BCUT2D eigenvalue weighted by molar-refractivity contribution is 6.07. The van der Waals surface area contributed by atoms with E-state index in [-0.39, 0.29) is 11.3 Å². The molecule has 0 aliphatic rings. The molecule has 0 spiro atoms. The number of para-hydroxylation sites is 1. The van der Waals surface area contributed by atoms with E-state index in [1.54, 1.807) is 36.5 Å². The lowest BCUT2D eigenvalue weighted by molar-refractivity contribution is 0.104. The molecule has 3 aromatic rings. The summed E-state index contributed by atoms with van der Waals surface area (Å²) in [5.41, 5.74) is 1.70. The molecule has 2 aromatic heterocycles. The molecule has 0 bridgehead atoms. The minimum absolute atomic E-state index is 0.0282. The number of fused-ring (bicyclic) bond motifs is 1. The van der Waals surface area contributed by atoms with Gasteiger partial charge in [-0.1, -0.05) is 18.2 Å². The van der Waals surface area contributed by atoms with Crippen LogP contribution < -0.4 is 5.63 Å². The number of hydrogen-bond acceptors (Lipinski definition) is 4. The van der Waals surface area contributed by atoms with Gasteiger partial charge in [0.05, 0.1) is 6.20 Å². The predicted octanol–water partition coefficient (Wildman–Crippen LogP) is 3.21. The number of carbonyl (C=O) groups is 1. The monoisotopic (exact) mass is 308 g/mol. The third-order valence-electron chi connectivity index (χ3n) is 3.76. The molecule has 5 nitrogen and oxygen atoms in total. The van der Waals surface area contributed by atoms with Gasteiger partial charge in [-0.15, -0.1) is 0 Å². The van der Waals surface area contributed by atoms with Crippen molar-refractivity contribution < 1.29 is 9.21 Å². The molecule has 0 saturated heterocycles. The number of ketones is 1. The number of aromatic nitrogens is 2. The maximum absolute atomic E-state index is 12.3. The van der Waals surface area contributed by atoms with Crippen LogP contribution in [0.5, 0.6) is 0 Å². The second-order valence-corrected chi connectivity index (χ2v) is 5.18. The van der Waals surface area contributed by atoms with Crippen LogP contribution in [0.2, 0.25) is 0 Å². The van der Waals surface area contributed by atoms with Gasteiger partial charge in [0.2, 0.25) is 0 Å². The van der Waals surface area contributed by atoms with Crippen molar-refractivity contribution in [2.45, 2.75) is 20.4 Å². The van der Waals surface area contributed by atoms with Crippen LogP contribution in [-0.2, 0) is 6.54 Å². The molecular weight excluding hydrogens is 292 g/mol. The number of hydrogen-bond donors (Lipinski definition) is 0. The number of allylic oxidation sites excluding steroid dienone is 1. The fourth-order valence-electron chi connectivity index (χ4n) is 2.43. The SMILES string of the molecule is CCn1ncc(C=CC(=O)c2cc3ccccc3oc2=O)c1C. The first kappa shape index (κ1) is 15.0. The zero-order valence-electron chi connectivity index (χ0n) is 12.9. The van der Waals surface area contributed by atoms with Crippen LogP contribution in [0.25, 0.3) is 17.0 Å². The van der Waals surface area contributed by atoms with E-state index in [1.807, 2.05) is 24.6 Å². The minimum Gasteiger partial charge on any atom is -0.422 e. The third kappa shape index (κ3) is 2.85. The molecule has 1 aromatic carbocycles. The first-order valence-corrected chi connectivity index (χ1v) is 7.38. The Morgan fingerprint density at radius 2 is 2.13 bits per heavy atom. The lowest BCUT2D eigenvalue weighted by atomic mass is 10.1. The first-order chi connectivity index (χ1) is 11.1. The lowest BCUT2D eigenvalue weighted by Crippen LogP contribution is -2.11. The summed E-state index contributed by atoms with van der Waals surface area (Å²) >= 11 is 0. The summed E-state index contributed by atoms with van der Waals surface area (Å²) in [6.45, 7) is 4.70. The van der Waals surface area contributed by atoms with Crippen LogP contribution in [0.1, 0.15) is 28.5 Å². The van der Waals surface area contributed by atoms with Gasteiger partial charge in [0.15, 0.2) is 5.78 Å². The van der Waals surface area contributed by atoms with Crippen molar-refractivity contribution in [3.8, 4) is 0 Å². The first-order valence-electron chi connectivity index (χ1n) is 7.38. The summed E-state index contributed by atoms with van der Waals surface area (Å²) in [7, 11) is 0. The van der Waals surface area contributed by atoms with Gasteiger partial charge >= 0.3 is 5.63 Å². The molecule has 0 atom stereocenters. The normalized spacial score (nSPS) is 11.4. The second kappa shape index (κ2) is 6.04. The average molecular weight is 308 g/mol. The summed E-state index contributed by atoms with van der Waals surface area (Å²) in [6.07, 6.45) is 4.75. The Kier molecular flexibility index (Phi) is 3.93. The van der Waals surface area contributed by atoms with Crippen LogP contribution >= 0.6 is 0 Å². The Hall–Kier alpha value is -2.95. The van der Waals surface area contributed by atoms with Crippen molar-refractivity contribution in [2.24, 2.45) is 0 Å². The Balaban J connectivity index is 1.94. The van der Waals surface area contributed by atoms with Gasteiger partial charge in [-0.25, -0.2) is 4.79 Å². The van der Waals surface area contributed by atoms with Crippen LogP contribution in [0.15, 0.2) is 51.8 Å². The van der Waals surface area contributed by atoms with E-state index in [2.05, 4.69) is 5.10 Å². The van der Waals surface area contributed by atoms with Crippen LogP contribution in [0.4, 0.5) is 0 Å². The van der Waals surface area contributed by atoms with E-state index in [0.717, 1.165) is 23.2 Å². The third-order valence-corrected chi connectivity index (χ3v) is 3.76. The van der Waals surface area contributed by atoms with Gasteiger partial charge in [-0.2, -0.15) is 5.10 Å². The van der Waals surface area contributed by atoms with Crippen molar-refractivity contribution in [1.29, 1.82) is 0 Å². The number of carbonyl (C=O) groups excluding carboxylic acids is 1. The van der Waals surface area contributed by atoms with Crippen LogP contribution in [0, 0.1) is 6.92 Å². The summed E-state index contributed by atoms with van der Waals surface area (Å²) < 4.78 is 7.03. The molecule has 0 fully saturated rings. The Morgan fingerprint density at radius 3 is 2.87 bits per heavy atom. The Labute approximate surface area is 132 Å². The number of rotatable bonds is 4. The highest BCUT2D eigenvalue weighted by atomic mass is 16.4. The van der Waals surface area contributed by atoms with Gasteiger partial charge < -0.3 is 4.42 Å². The number of aryl methyl sites for hydroxylation is 1. The summed E-state index contributed by atoms with van der Waals surface area (Å²) in [5, 5.41) is 4.94. The highest BCUT2D eigenvalue weighted by Crippen LogP contribution is 2.14. The quantitative estimate of drug-likeness (QED) is 0.422. The molecule has 0 unspecified atom stereocenters. The maximum atomic E-state index is 12.3. The van der Waals surface area contributed by atoms with Crippen molar-refractivity contribution in [3.05, 3.63) is 69.8 Å². The molecular formula is C18H16N2O3. The van der Waals surface area contributed by atoms with Gasteiger partial charge in [-0.05, 0) is 38.1 Å². The number of nitrogens with zero attached hydrogens (tertiary/aromatic N) is 2. The molecule has 116 valence electrons. The fourth-order valence-corrected chi connectivity index (χ4v) is 2.43. The smallest absolute Gasteiger partial charge is 0.347 e. The second-order valence-electron chi connectivity index (χ2n) is 5.18. The fraction of sp³-hybridized carbons (Fsp3) is 0.167. The van der Waals surface area contributed by atoms with E-state index in [9.17, 15) is 9.59 Å². The molecule has 0 radical (unpaired) electrons. The standard InChI is InChI=1S/C18H16N2O3/c1-3-20-12(2)14(11-19-20)8-9-16(21)15-10-13-6-4-5-7-17(13)23-18(15)22/h4-11H,3H2,1-2H3. The minimum atomic E-state index is -0.626. The molecule has 0 saturated carbocycles. The van der Waals surface area contributed by atoms with E-state index in [4.69, 9.17) is 4.42 Å². The van der Waals surface area contributed by atoms with Crippen molar-refractivity contribution >= 4 is 22.8 Å². The van der Waals surface area contributed by atoms with Gasteiger partial charge in [-0.3, -0.25) is 9.48 Å². The van der Waals surface area contributed by atoms with E-state index in [1.165, 1.54) is 6.08 Å². The average Bonchev–Trinajstić information content (AvgIpc) is 2.92. The van der Waals surface area contributed by atoms with Gasteiger partial charge in [0.25, 0.3) is 0 Å². The molecule has 0 amide bonds. The Morgan fingerprint density at radius 1 is 1.35 bits per heavy atom. The molecule has 0 aliphatic heterocycles. The lowest BCUT2D eigenvalue weighted by Gasteiger charge is -1.99.